The summed E-state index contributed by atoms with van der Waals surface area (Å²) in [6, 6.07) is 0. The number of likely N-dealkylation sites (N-methyl/N-ethyl adjacent to an activating group) is 1. The first-order valence-electron chi connectivity index (χ1n) is 8.02. The average molecular weight is 347 g/mol. The van der Waals surface area contributed by atoms with E-state index >= 15 is 0 Å². The SMILES string of the molecule is CCNC(=NCC(C)(C)SC)NCCN(C)C(=O)OC(C)(C)C. The summed E-state index contributed by atoms with van der Waals surface area (Å²) < 4.78 is 5.43. The molecule has 0 rings (SSSR count). The van der Waals surface area contributed by atoms with Crippen molar-refractivity contribution in [3.63, 3.8) is 0 Å². The van der Waals surface area contributed by atoms with Crippen LogP contribution in [0.4, 0.5) is 4.79 Å². The fourth-order valence-corrected chi connectivity index (χ4v) is 1.64. The van der Waals surface area contributed by atoms with Crippen molar-refractivity contribution in [2.75, 3.05) is 39.5 Å². The van der Waals surface area contributed by atoms with Crippen LogP contribution in [0.3, 0.4) is 0 Å². The van der Waals surface area contributed by atoms with Gasteiger partial charge in [-0.15, -0.1) is 0 Å². The molecule has 0 fully saturated rings. The zero-order valence-electron chi connectivity index (χ0n) is 15.9. The van der Waals surface area contributed by atoms with Crippen molar-refractivity contribution >= 4 is 23.8 Å². The number of amides is 1. The lowest BCUT2D eigenvalue weighted by Gasteiger charge is -2.25. The molecule has 0 aliphatic rings. The van der Waals surface area contributed by atoms with Crippen LogP contribution < -0.4 is 10.6 Å². The van der Waals surface area contributed by atoms with E-state index in [2.05, 4.69) is 35.7 Å². The maximum atomic E-state index is 11.9. The van der Waals surface area contributed by atoms with Gasteiger partial charge in [0.25, 0.3) is 0 Å². The Morgan fingerprint density at radius 3 is 2.30 bits per heavy atom. The lowest BCUT2D eigenvalue weighted by atomic mass is 10.2. The quantitative estimate of drug-likeness (QED) is 0.548. The summed E-state index contributed by atoms with van der Waals surface area (Å²) in [5.41, 5.74) is -0.474. The zero-order chi connectivity index (χ0) is 18.1. The molecule has 0 aromatic rings. The Hall–Kier alpha value is -1.11. The van der Waals surface area contributed by atoms with Crippen molar-refractivity contribution < 1.29 is 9.53 Å². The Labute approximate surface area is 145 Å². The Balaban J connectivity index is 4.37. The first-order chi connectivity index (χ1) is 10.5. The second-order valence-electron chi connectivity index (χ2n) is 6.99. The molecule has 0 spiro atoms. The van der Waals surface area contributed by atoms with Crippen molar-refractivity contribution in [3.8, 4) is 0 Å². The van der Waals surface area contributed by atoms with Gasteiger partial charge in [-0.3, -0.25) is 4.99 Å². The van der Waals surface area contributed by atoms with Gasteiger partial charge in [-0.25, -0.2) is 4.79 Å². The van der Waals surface area contributed by atoms with Crippen molar-refractivity contribution in [3.05, 3.63) is 0 Å². The Morgan fingerprint density at radius 2 is 1.83 bits per heavy atom. The molecule has 7 heteroatoms. The Morgan fingerprint density at radius 1 is 1.22 bits per heavy atom. The number of aliphatic imine (C=N–C) groups is 1. The van der Waals surface area contributed by atoms with Crippen molar-refractivity contribution in [2.24, 2.45) is 4.99 Å². The molecule has 6 nitrogen and oxygen atoms in total. The van der Waals surface area contributed by atoms with Gasteiger partial charge in [0.1, 0.15) is 5.60 Å². The summed E-state index contributed by atoms with van der Waals surface area (Å²) in [4.78, 5) is 18.0. The first-order valence-corrected chi connectivity index (χ1v) is 9.24. The lowest BCUT2D eigenvalue weighted by Crippen LogP contribution is -2.43. The second kappa shape index (κ2) is 9.90. The molecule has 0 aliphatic carbocycles. The minimum atomic E-state index is -0.474. The monoisotopic (exact) mass is 346 g/mol. The molecule has 1 amide bonds. The highest BCUT2D eigenvalue weighted by molar-refractivity contribution is 7.99. The van der Waals surface area contributed by atoms with E-state index in [1.165, 1.54) is 0 Å². The molecule has 0 saturated carbocycles. The van der Waals surface area contributed by atoms with E-state index in [-0.39, 0.29) is 10.8 Å². The van der Waals surface area contributed by atoms with Crippen LogP contribution in [0.15, 0.2) is 4.99 Å². The van der Waals surface area contributed by atoms with Crippen molar-refractivity contribution in [1.29, 1.82) is 0 Å². The van der Waals surface area contributed by atoms with Crippen molar-refractivity contribution in [1.82, 2.24) is 15.5 Å². The topological polar surface area (TPSA) is 66.0 Å². The summed E-state index contributed by atoms with van der Waals surface area (Å²) >= 11 is 1.79. The molecule has 0 bridgehead atoms. The van der Waals surface area contributed by atoms with Crippen LogP contribution in [0.2, 0.25) is 0 Å². The highest BCUT2D eigenvalue weighted by Gasteiger charge is 2.19. The third-order valence-electron chi connectivity index (χ3n) is 2.96. The highest BCUT2D eigenvalue weighted by atomic mass is 32.2. The Kier molecular flexibility index (Phi) is 9.42. The lowest BCUT2D eigenvalue weighted by molar-refractivity contribution is 0.0302. The number of hydrogen-bond acceptors (Lipinski definition) is 4. The zero-order valence-corrected chi connectivity index (χ0v) is 16.8. The smallest absolute Gasteiger partial charge is 0.410 e. The van der Waals surface area contributed by atoms with E-state index in [0.717, 1.165) is 19.0 Å². The van der Waals surface area contributed by atoms with Gasteiger partial charge in [0, 0.05) is 31.4 Å². The molecule has 0 saturated heterocycles. The molecule has 136 valence electrons. The predicted octanol–water partition coefficient (Wildman–Crippen LogP) is 2.55. The maximum absolute atomic E-state index is 11.9. The van der Waals surface area contributed by atoms with E-state index in [1.807, 2.05) is 27.7 Å². The highest BCUT2D eigenvalue weighted by Crippen LogP contribution is 2.20. The molecular formula is C16H34N4O2S. The van der Waals surface area contributed by atoms with Gasteiger partial charge in [-0.2, -0.15) is 11.8 Å². The summed E-state index contributed by atoms with van der Waals surface area (Å²) in [5.74, 6) is 0.771. The molecule has 0 unspecified atom stereocenters. The van der Waals surface area contributed by atoms with Gasteiger partial charge in [0.15, 0.2) is 5.96 Å². The number of hydrogen-bond donors (Lipinski definition) is 2. The molecule has 0 aliphatic heterocycles. The molecule has 23 heavy (non-hydrogen) atoms. The number of rotatable bonds is 7. The maximum Gasteiger partial charge on any atom is 0.410 e. The van der Waals surface area contributed by atoms with Gasteiger partial charge >= 0.3 is 6.09 Å². The van der Waals surface area contributed by atoms with Crippen molar-refractivity contribution in [2.45, 2.75) is 51.9 Å². The first kappa shape index (κ1) is 21.9. The Bertz CT molecular complexity index is 392. The number of ether oxygens (including phenoxy) is 1. The van der Waals surface area contributed by atoms with Crippen LogP contribution in [-0.2, 0) is 4.74 Å². The number of thioether (sulfide) groups is 1. The van der Waals surface area contributed by atoms with E-state index in [0.29, 0.717) is 13.1 Å². The second-order valence-corrected chi connectivity index (χ2v) is 8.50. The molecular weight excluding hydrogens is 312 g/mol. The largest absolute Gasteiger partial charge is 0.444 e. The summed E-state index contributed by atoms with van der Waals surface area (Å²) in [7, 11) is 1.73. The van der Waals surface area contributed by atoms with Crippen LogP contribution in [0.1, 0.15) is 41.5 Å². The van der Waals surface area contributed by atoms with E-state index in [4.69, 9.17) is 4.74 Å². The molecule has 0 aromatic carbocycles. The molecule has 0 heterocycles. The van der Waals surface area contributed by atoms with Gasteiger partial charge in [-0.1, -0.05) is 0 Å². The summed E-state index contributed by atoms with van der Waals surface area (Å²) in [5, 5.41) is 6.46. The molecule has 0 atom stereocenters. The van der Waals surface area contributed by atoms with Gasteiger partial charge in [-0.05, 0) is 47.8 Å². The molecule has 0 aromatic heterocycles. The minimum absolute atomic E-state index is 0.107. The van der Waals surface area contributed by atoms with E-state index < -0.39 is 5.60 Å². The normalized spacial score (nSPS) is 12.8. The number of nitrogens with one attached hydrogen (secondary N) is 2. The van der Waals surface area contributed by atoms with Gasteiger partial charge < -0.3 is 20.3 Å². The van der Waals surface area contributed by atoms with Gasteiger partial charge in [0.05, 0.1) is 6.54 Å². The third-order valence-corrected chi connectivity index (χ3v) is 4.19. The molecule has 2 N–H and O–H groups in total. The van der Waals surface area contributed by atoms with E-state index in [1.54, 1.807) is 23.7 Å². The third kappa shape index (κ3) is 11.1. The number of carbonyl (C=O) groups is 1. The fraction of sp³-hybridized carbons (Fsp3) is 0.875. The number of carbonyl (C=O) groups excluding carboxylic acids is 1. The van der Waals surface area contributed by atoms with Crippen LogP contribution in [-0.4, -0.2) is 66.8 Å². The van der Waals surface area contributed by atoms with Gasteiger partial charge in [0.2, 0.25) is 0 Å². The number of guanidine groups is 1. The summed E-state index contributed by atoms with van der Waals surface area (Å²) in [6.07, 6.45) is 1.77. The van der Waals surface area contributed by atoms with E-state index in [9.17, 15) is 4.79 Å². The average Bonchev–Trinajstić information content (AvgIpc) is 2.42. The van der Waals surface area contributed by atoms with Crippen LogP contribution in [0, 0.1) is 0 Å². The predicted molar refractivity (Wildman–Crippen MR) is 100 cm³/mol. The number of nitrogens with zero attached hydrogens (tertiary/aromatic N) is 2. The van der Waals surface area contributed by atoms with Crippen LogP contribution in [0.25, 0.3) is 0 Å². The standard InChI is InChI=1S/C16H34N4O2S/c1-9-17-13(19-12-16(5,6)23-8)18-10-11-20(7)14(21)22-15(2,3)4/h9-12H2,1-8H3,(H2,17,18,19). The summed E-state index contributed by atoms with van der Waals surface area (Å²) in [6.45, 7) is 14.6. The fourth-order valence-electron chi connectivity index (χ4n) is 1.45. The van der Waals surface area contributed by atoms with Crippen LogP contribution >= 0.6 is 11.8 Å². The molecule has 0 radical (unpaired) electrons. The minimum Gasteiger partial charge on any atom is -0.444 e. The van der Waals surface area contributed by atoms with Crippen LogP contribution in [0.5, 0.6) is 0 Å².